The quantitative estimate of drug-likeness (QED) is 0.342. The molecule has 1 aliphatic rings. The van der Waals surface area contributed by atoms with Crippen molar-refractivity contribution in [1.29, 1.82) is 0 Å². The van der Waals surface area contributed by atoms with Gasteiger partial charge >= 0.3 is 0 Å². The summed E-state index contributed by atoms with van der Waals surface area (Å²) in [7, 11) is 1.28. The van der Waals surface area contributed by atoms with E-state index in [9.17, 15) is 17.6 Å². The van der Waals surface area contributed by atoms with Crippen molar-refractivity contribution in [2.45, 2.75) is 51.4 Å². The second-order valence-corrected chi connectivity index (χ2v) is 9.04. The molecule has 1 saturated carbocycles. The van der Waals surface area contributed by atoms with Crippen LogP contribution >= 0.6 is 0 Å². The van der Waals surface area contributed by atoms with Gasteiger partial charge in [-0.25, -0.2) is 13.2 Å². The van der Waals surface area contributed by atoms with E-state index in [0.717, 1.165) is 31.2 Å². The molecule has 1 aliphatic carbocycles. The average Bonchev–Trinajstić information content (AvgIpc) is 2.83. The van der Waals surface area contributed by atoms with Gasteiger partial charge in [-0.3, -0.25) is 0 Å². The summed E-state index contributed by atoms with van der Waals surface area (Å²) in [5, 5.41) is 0. The van der Waals surface area contributed by atoms with Crippen molar-refractivity contribution in [3.05, 3.63) is 88.5 Å². The number of halogens is 4. The molecule has 0 radical (unpaired) electrons. The van der Waals surface area contributed by atoms with Crippen molar-refractivity contribution in [1.82, 2.24) is 0 Å². The van der Waals surface area contributed by atoms with Gasteiger partial charge in [-0.2, -0.15) is 4.39 Å². The van der Waals surface area contributed by atoms with Crippen molar-refractivity contribution in [2.24, 2.45) is 5.92 Å². The molecule has 4 rings (SSSR count). The minimum Gasteiger partial charge on any atom is -0.494 e. The van der Waals surface area contributed by atoms with Crippen LogP contribution in [-0.4, -0.2) is 7.11 Å². The van der Waals surface area contributed by atoms with Gasteiger partial charge in [-0.15, -0.1) is 0 Å². The lowest BCUT2D eigenvalue weighted by Crippen LogP contribution is -2.13. The van der Waals surface area contributed by atoms with Crippen molar-refractivity contribution >= 4 is 0 Å². The predicted molar refractivity (Wildman–Crippen MR) is 122 cm³/mol. The fraction of sp³-hybridized carbons (Fsp3) is 0.357. The number of hydrogen-bond donors (Lipinski definition) is 0. The van der Waals surface area contributed by atoms with Gasteiger partial charge < -0.3 is 4.74 Å². The van der Waals surface area contributed by atoms with Crippen LogP contribution in [0.25, 0.3) is 11.1 Å². The lowest BCUT2D eigenvalue weighted by Gasteiger charge is -2.27. The number of benzene rings is 3. The first-order valence-corrected chi connectivity index (χ1v) is 11.5. The number of hydrogen-bond acceptors (Lipinski definition) is 1. The summed E-state index contributed by atoms with van der Waals surface area (Å²) in [6.45, 7) is 2.20. The van der Waals surface area contributed by atoms with Crippen LogP contribution < -0.4 is 4.74 Å². The molecule has 1 fully saturated rings. The summed E-state index contributed by atoms with van der Waals surface area (Å²) in [5.41, 5.74) is 2.43. The third kappa shape index (κ3) is 4.92. The maximum absolute atomic E-state index is 14.8. The van der Waals surface area contributed by atoms with Gasteiger partial charge in [0, 0.05) is 5.56 Å². The molecule has 0 saturated heterocycles. The van der Waals surface area contributed by atoms with Crippen LogP contribution in [0.15, 0.2) is 48.5 Å². The molecule has 0 aliphatic heterocycles. The van der Waals surface area contributed by atoms with Gasteiger partial charge in [-0.05, 0) is 71.9 Å². The summed E-state index contributed by atoms with van der Waals surface area (Å²) in [6.07, 6.45) is 4.78. The zero-order valence-corrected chi connectivity index (χ0v) is 18.9. The fourth-order valence-corrected chi connectivity index (χ4v) is 4.73. The Labute approximate surface area is 192 Å². The highest BCUT2D eigenvalue weighted by Crippen LogP contribution is 2.37. The third-order valence-electron chi connectivity index (χ3n) is 6.86. The minimum atomic E-state index is -1.03. The van der Waals surface area contributed by atoms with E-state index < -0.39 is 23.3 Å². The van der Waals surface area contributed by atoms with Crippen LogP contribution in [0.4, 0.5) is 17.6 Å². The third-order valence-corrected chi connectivity index (χ3v) is 6.86. The molecule has 174 valence electrons. The van der Waals surface area contributed by atoms with Crippen molar-refractivity contribution in [2.75, 3.05) is 7.11 Å². The molecular formula is C28H28F4O. The van der Waals surface area contributed by atoms with E-state index in [2.05, 4.69) is 6.92 Å². The summed E-state index contributed by atoms with van der Waals surface area (Å²) in [6, 6.07) is 13.3. The molecular weight excluding hydrogens is 428 g/mol. The van der Waals surface area contributed by atoms with E-state index in [1.54, 1.807) is 36.4 Å². The second-order valence-electron chi connectivity index (χ2n) is 9.04. The Morgan fingerprint density at radius 2 is 1.42 bits per heavy atom. The van der Waals surface area contributed by atoms with E-state index in [1.807, 2.05) is 0 Å². The summed E-state index contributed by atoms with van der Waals surface area (Å²) < 4.78 is 62.7. The van der Waals surface area contributed by atoms with Crippen LogP contribution in [0.5, 0.6) is 5.75 Å². The zero-order valence-electron chi connectivity index (χ0n) is 18.9. The summed E-state index contributed by atoms with van der Waals surface area (Å²) >= 11 is 0. The first-order valence-electron chi connectivity index (χ1n) is 11.5. The molecule has 0 spiro atoms. The van der Waals surface area contributed by atoms with Gasteiger partial charge in [0.15, 0.2) is 23.2 Å². The maximum Gasteiger partial charge on any atom is 0.201 e. The Hall–Kier alpha value is -2.82. The topological polar surface area (TPSA) is 9.23 Å². The standard InChI is InChI=1S/C28H28F4O/c1-17-3-8-19(9-4-17)22-14-13-21(25(29)26(22)30)12-7-18-5-10-20(11-6-18)23-15-16-24(33-2)28(32)27(23)31/h5-6,10-11,13-17,19H,3-4,7-9,12H2,1-2H3. The molecule has 0 unspecified atom stereocenters. The smallest absolute Gasteiger partial charge is 0.201 e. The molecule has 0 amide bonds. The fourth-order valence-electron chi connectivity index (χ4n) is 4.73. The molecule has 0 bridgehead atoms. The molecule has 0 aromatic heterocycles. The Kier molecular flexibility index (Phi) is 7.06. The van der Waals surface area contributed by atoms with E-state index in [-0.39, 0.29) is 17.2 Å². The molecule has 0 heterocycles. The molecule has 0 atom stereocenters. The highest BCUT2D eigenvalue weighted by atomic mass is 19.2. The Balaban J connectivity index is 1.45. The van der Waals surface area contributed by atoms with Gasteiger partial charge in [0.05, 0.1) is 7.11 Å². The minimum absolute atomic E-state index is 0.0977. The lowest BCUT2D eigenvalue weighted by atomic mass is 9.79. The molecule has 3 aromatic carbocycles. The molecule has 5 heteroatoms. The van der Waals surface area contributed by atoms with Crippen molar-refractivity contribution in [3.63, 3.8) is 0 Å². The highest BCUT2D eigenvalue weighted by molar-refractivity contribution is 5.65. The summed E-state index contributed by atoms with van der Waals surface area (Å²) in [4.78, 5) is 0. The van der Waals surface area contributed by atoms with Crippen LogP contribution in [0.1, 0.15) is 55.2 Å². The molecule has 0 N–H and O–H groups in total. The first-order chi connectivity index (χ1) is 15.9. The number of aryl methyl sites for hydroxylation is 2. The highest BCUT2D eigenvalue weighted by Gasteiger charge is 2.24. The molecule has 3 aromatic rings. The van der Waals surface area contributed by atoms with Gasteiger partial charge in [0.25, 0.3) is 0 Å². The normalized spacial score (nSPS) is 18.4. The number of ether oxygens (including phenoxy) is 1. The largest absolute Gasteiger partial charge is 0.494 e. The van der Waals surface area contributed by atoms with Crippen molar-refractivity contribution < 1.29 is 22.3 Å². The van der Waals surface area contributed by atoms with Crippen LogP contribution in [0.2, 0.25) is 0 Å². The van der Waals surface area contributed by atoms with Crippen LogP contribution in [0, 0.1) is 29.2 Å². The van der Waals surface area contributed by atoms with Gasteiger partial charge in [-0.1, -0.05) is 56.2 Å². The molecule has 33 heavy (non-hydrogen) atoms. The maximum atomic E-state index is 14.8. The zero-order chi connectivity index (χ0) is 23.5. The number of methoxy groups -OCH3 is 1. The SMILES string of the molecule is COc1ccc(-c2ccc(CCc3ccc(C4CCC(C)CC4)c(F)c3F)cc2)c(F)c1F. The monoisotopic (exact) mass is 456 g/mol. The van der Waals surface area contributed by atoms with E-state index in [4.69, 9.17) is 4.74 Å². The van der Waals surface area contributed by atoms with E-state index >= 15 is 0 Å². The first kappa shape index (κ1) is 23.3. The Bertz CT molecular complexity index is 1120. The second kappa shape index (κ2) is 9.98. The van der Waals surface area contributed by atoms with Crippen LogP contribution in [-0.2, 0) is 12.8 Å². The average molecular weight is 457 g/mol. The Morgan fingerprint density at radius 1 is 0.727 bits per heavy atom. The van der Waals surface area contributed by atoms with Gasteiger partial charge in [0.1, 0.15) is 0 Å². The van der Waals surface area contributed by atoms with E-state index in [0.29, 0.717) is 35.4 Å². The van der Waals surface area contributed by atoms with Crippen LogP contribution in [0.3, 0.4) is 0 Å². The van der Waals surface area contributed by atoms with E-state index in [1.165, 1.54) is 19.2 Å². The Morgan fingerprint density at radius 3 is 2.09 bits per heavy atom. The number of rotatable bonds is 6. The van der Waals surface area contributed by atoms with Crippen molar-refractivity contribution in [3.8, 4) is 16.9 Å². The molecule has 1 nitrogen and oxygen atoms in total. The summed E-state index contributed by atoms with van der Waals surface area (Å²) in [5.74, 6) is -2.85. The lowest BCUT2D eigenvalue weighted by molar-refractivity contribution is 0.339. The van der Waals surface area contributed by atoms with Gasteiger partial charge in [0.2, 0.25) is 5.82 Å². The predicted octanol–water partition coefficient (Wildman–Crippen LogP) is 8.00.